The van der Waals surface area contributed by atoms with Gasteiger partial charge in [0.2, 0.25) is 0 Å². The number of hydrogen-bond acceptors (Lipinski definition) is 4. The van der Waals surface area contributed by atoms with E-state index >= 15 is 0 Å². The van der Waals surface area contributed by atoms with Crippen LogP contribution in [0.3, 0.4) is 0 Å². The van der Waals surface area contributed by atoms with Crippen LogP contribution in [0.25, 0.3) is 0 Å². The lowest BCUT2D eigenvalue weighted by Crippen LogP contribution is -2.31. The fourth-order valence-electron chi connectivity index (χ4n) is 2.89. The maximum absolute atomic E-state index is 12.9. The van der Waals surface area contributed by atoms with Crippen molar-refractivity contribution in [2.45, 2.75) is 18.9 Å². The molecule has 2 aromatic rings. The number of ether oxygens (including phenoxy) is 2. The van der Waals surface area contributed by atoms with Crippen LogP contribution in [0.5, 0.6) is 5.75 Å². The van der Waals surface area contributed by atoms with Crippen molar-refractivity contribution in [1.82, 2.24) is 4.90 Å². The van der Waals surface area contributed by atoms with Crippen LogP contribution in [0.1, 0.15) is 23.2 Å². The van der Waals surface area contributed by atoms with Crippen molar-refractivity contribution < 1.29 is 23.5 Å². The minimum atomic E-state index is -0.425. The number of nitrogens with zero attached hydrogens (tertiary/aromatic N) is 1. The van der Waals surface area contributed by atoms with Crippen LogP contribution in [0.4, 0.5) is 10.1 Å². The molecule has 1 heterocycles. The van der Waals surface area contributed by atoms with E-state index < -0.39 is 6.10 Å². The van der Waals surface area contributed by atoms with Gasteiger partial charge in [0.15, 0.2) is 0 Å². The van der Waals surface area contributed by atoms with E-state index in [9.17, 15) is 14.0 Å². The number of anilines is 1. The lowest BCUT2D eigenvalue weighted by Gasteiger charge is -2.18. The zero-order valence-electron chi connectivity index (χ0n) is 15.7. The van der Waals surface area contributed by atoms with Crippen molar-refractivity contribution in [2.75, 3.05) is 32.1 Å². The van der Waals surface area contributed by atoms with Crippen LogP contribution in [0.2, 0.25) is 0 Å². The third-order valence-electron chi connectivity index (χ3n) is 4.45. The van der Waals surface area contributed by atoms with Gasteiger partial charge in [-0.3, -0.25) is 9.59 Å². The predicted octanol–water partition coefficient (Wildman–Crippen LogP) is 3.09. The second kappa shape index (κ2) is 9.32. The summed E-state index contributed by atoms with van der Waals surface area (Å²) in [7, 11) is 1.67. The normalized spacial score (nSPS) is 15.9. The quantitative estimate of drug-likeness (QED) is 0.794. The molecule has 2 amide bonds. The Morgan fingerprint density at radius 2 is 2.04 bits per heavy atom. The summed E-state index contributed by atoms with van der Waals surface area (Å²) in [4.78, 5) is 26.3. The maximum Gasteiger partial charge on any atom is 0.253 e. The summed E-state index contributed by atoms with van der Waals surface area (Å²) in [5.74, 6) is -0.161. The molecule has 7 heteroatoms. The van der Waals surface area contributed by atoms with Crippen LogP contribution in [-0.4, -0.2) is 49.6 Å². The number of rotatable bonds is 7. The summed E-state index contributed by atoms with van der Waals surface area (Å²) >= 11 is 0. The molecule has 1 N–H and O–H groups in total. The summed E-state index contributed by atoms with van der Waals surface area (Å²) < 4.78 is 23.8. The number of halogens is 1. The fourth-order valence-corrected chi connectivity index (χ4v) is 2.89. The van der Waals surface area contributed by atoms with Crippen molar-refractivity contribution in [3.8, 4) is 5.75 Å². The van der Waals surface area contributed by atoms with E-state index in [1.54, 1.807) is 31.3 Å². The standard InChI is InChI=1S/C21H23FN2O4/c1-24(11-13-27-18-9-7-16(22)8-10-18)21(26)15-4-2-5-17(14-15)23-20(25)19-6-3-12-28-19/h2,4-5,7-10,14,19H,3,6,11-13H2,1H3,(H,23,25). The van der Waals surface area contributed by atoms with Gasteiger partial charge in [-0.15, -0.1) is 0 Å². The Hall–Kier alpha value is -2.93. The summed E-state index contributed by atoms with van der Waals surface area (Å²) in [6.07, 6.45) is 1.16. The van der Waals surface area contributed by atoms with E-state index in [1.165, 1.54) is 29.2 Å². The Morgan fingerprint density at radius 1 is 1.25 bits per heavy atom. The van der Waals surface area contributed by atoms with E-state index in [2.05, 4.69) is 5.32 Å². The van der Waals surface area contributed by atoms with Crippen molar-refractivity contribution in [1.29, 1.82) is 0 Å². The first-order chi connectivity index (χ1) is 13.5. The number of amides is 2. The monoisotopic (exact) mass is 386 g/mol. The summed E-state index contributed by atoms with van der Waals surface area (Å²) in [6.45, 7) is 1.24. The van der Waals surface area contributed by atoms with Gasteiger partial charge in [-0.2, -0.15) is 0 Å². The van der Waals surface area contributed by atoms with Crippen LogP contribution in [0.15, 0.2) is 48.5 Å². The molecule has 1 atom stereocenters. The molecule has 1 unspecified atom stereocenters. The van der Waals surface area contributed by atoms with Gasteiger partial charge in [0.05, 0.1) is 6.54 Å². The van der Waals surface area contributed by atoms with Crippen LogP contribution in [-0.2, 0) is 9.53 Å². The number of carbonyl (C=O) groups is 2. The highest BCUT2D eigenvalue weighted by Gasteiger charge is 2.23. The highest BCUT2D eigenvalue weighted by atomic mass is 19.1. The number of nitrogens with one attached hydrogen (secondary N) is 1. The van der Waals surface area contributed by atoms with Crippen molar-refractivity contribution in [3.05, 3.63) is 59.9 Å². The number of carbonyl (C=O) groups excluding carboxylic acids is 2. The minimum absolute atomic E-state index is 0.184. The number of likely N-dealkylation sites (N-methyl/N-ethyl adjacent to an activating group) is 1. The topological polar surface area (TPSA) is 67.9 Å². The van der Waals surface area contributed by atoms with E-state index in [0.717, 1.165) is 6.42 Å². The Kier molecular flexibility index (Phi) is 6.60. The Balaban J connectivity index is 1.52. The average Bonchev–Trinajstić information content (AvgIpc) is 3.24. The Labute approximate surface area is 163 Å². The van der Waals surface area contributed by atoms with Gasteiger partial charge in [0.1, 0.15) is 24.3 Å². The van der Waals surface area contributed by atoms with Gasteiger partial charge in [0, 0.05) is 24.9 Å². The lowest BCUT2D eigenvalue weighted by molar-refractivity contribution is -0.124. The molecule has 1 saturated heterocycles. The van der Waals surface area contributed by atoms with Gasteiger partial charge in [-0.05, 0) is 55.3 Å². The predicted molar refractivity (Wildman–Crippen MR) is 103 cm³/mol. The maximum atomic E-state index is 12.9. The molecule has 0 aromatic heterocycles. The summed E-state index contributed by atoms with van der Waals surface area (Å²) in [5, 5.41) is 2.80. The molecular weight excluding hydrogens is 363 g/mol. The second-order valence-corrected chi connectivity index (χ2v) is 6.60. The molecule has 0 saturated carbocycles. The van der Waals surface area contributed by atoms with Gasteiger partial charge in [0.25, 0.3) is 11.8 Å². The van der Waals surface area contributed by atoms with Gasteiger partial charge in [-0.1, -0.05) is 6.07 Å². The average molecular weight is 386 g/mol. The first-order valence-corrected chi connectivity index (χ1v) is 9.19. The summed E-state index contributed by atoms with van der Waals surface area (Å²) in [5.41, 5.74) is 1.02. The van der Waals surface area contributed by atoms with Crippen molar-refractivity contribution in [2.24, 2.45) is 0 Å². The van der Waals surface area contributed by atoms with Crippen molar-refractivity contribution in [3.63, 3.8) is 0 Å². The van der Waals surface area contributed by atoms with E-state index in [4.69, 9.17) is 9.47 Å². The Bertz CT molecular complexity index is 819. The molecule has 28 heavy (non-hydrogen) atoms. The molecule has 1 aliphatic heterocycles. The van der Waals surface area contributed by atoms with Gasteiger partial charge >= 0.3 is 0 Å². The molecule has 1 fully saturated rings. The van der Waals surface area contributed by atoms with E-state index in [1.807, 2.05) is 0 Å². The van der Waals surface area contributed by atoms with E-state index in [-0.39, 0.29) is 24.2 Å². The number of hydrogen-bond donors (Lipinski definition) is 1. The summed E-state index contributed by atoms with van der Waals surface area (Å²) in [6, 6.07) is 12.5. The molecule has 0 aliphatic carbocycles. The fraction of sp³-hybridized carbons (Fsp3) is 0.333. The second-order valence-electron chi connectivity index (χ2n) is 6.60. The van der Waals surface area contributed by atoms with Crippen LogP contribution < -0.4 is 10.1 Å². The minimum Gasteiger partial charge on any atom is -0.492 e. The van der Waals surface area contributed by atoms with E-state index in [0.29, 0.717) is 36.6 Å². The van der Waals surface area contributed by atoms with Gasteiger partial charge in [-0.25, -0.2) is 4.39 Å². The number of benzene rings is 2. The molecule has 0 spiro atoms. The van der Waals surface area contributed by atoms with Crippen LogP contribution >= 0.6 is 0 Å². The molecule has 148 valence electrons. The highest BCUT2D eigenvalue weighted by molar-refractivity contribution is 5.98. The first-order valence-electron chi connectivity index (χ1n) is 9.19. The zero-order valence-corrected chi connectivity index (χ0v) is 15.7. The zero-order chi connectivity index (χ0) is 19.9. The van der Waals surface area contributed by atoms with Crippen LogP contribution in [0, 0.1) is 5.82 Å². The molecule has 0 radical (unpaired) electrons. The molecule has 2 aromatic carbocycles. The van der Waals surface area contributed by atoms with Gasteiger partial charge < -0.3 is 19.7 Å². The third-order valence-corrected chi connectivity index (χ3v) is 4.45. The lowest BCUT2D eigenvalue weighted by atomic mass is 10.1. The Morgan fingerprint density at radius 3 is 2.75 bits per heavy atom. The largest absolute Gasteiger partial charge is 0.492 e. The SMILES string of the molecule is CN(CCOc1ccc(F)cc1)C(=O)c1cccc(NC(=O)C2CCCO2)c1. The third kappa shape index (κ3) is 5.29. The van der Waals surface area contributed by atoms with Crippen molar-refractivity contribution >= 4 is 17.5 Å². The smallest absolute Gasteiger partial charge is 0.253 e. The highest BCUT2D eigenvalue weighted by Crippen LogP contribution is 2.17. The molecule has 0 bridgehead atoms. The molecule has 3 rings (SSSR count). The molecule has 6 nitrogen and oxygen atoms in total. The first kappa shape index (κ1) is 19.8. The molecular formula is C21H23FN2O4. The molecule has 1 aliphatic rings.